The summed E-state index contributed by atoms with van der Waals surface area (Å²) >= 11 is 0. The van der Waals surface area contributed by atoms with Crippen molar-refractivity contribution in [3.8, 4) is 0 Å². The van der Waals surface area contributed by atoms with Crippen LogP contribution in [0.5, 0.6) is 0 Å². The summed E-state index contributed by atoms with van der Waals surface area (Å²) in [5, 5.41) is 4.76. The molecule has 0 aliphatic carbocycles. The van der Waals surface area contributed by atoms with Crippen molar-refractivity contribution in [2.75, 3.05) is 0 Å². The quantitative estimate of drug-likeness (QED) is 0.771. The minimum Gasteiger partial charge on any atom is -0.269 e. The van der Waals surface area contributed by atoms with Crippen LogP contribution in [0.3, 0.4) is 0 Å². The molecule has 0 aliphatic rings. The topological polar surface area (TPSA) is 17.8 Å². The lowest BCUT2D eigenvalue weighted by Crippen LogP contribution is -2.14. The molecular formula is C18H24N2. The summed E-state index contributed by atoms with van der Waals surface area (Å²) in [6.07, 6.45) is 6.46. The molecule has 0 aliphatic heterocycles. The lowest BCUT2D eigenvalue weighted by Gasteiger charge is -2.16. The standard InChI is InChI=1S/C18H24N2/c1-14(2)20-13-16(17(19-20)18(3,4)5)12-11-15-9-7-6-8-10-15/h6-14H,1-5H3/b12-11+. The van der Waals surface area contributed by atoms with Gasteiger partial charge in [-0.3, -0.25) is 4.68 Å². The first-order valence-corrected chi connectivity index (χ1v) is 7.20. The Bertz CT molecular complexity index is 584. The Morgan fingerprint density at radius 3 is 2.25 bits per heavy atom. The van der Waals surface area contributed by atoms with Crippen molar-refractivity contribution in [1.82, 2.24) is 9.78 Å². The maximum atomic E-state index is 4.76. The molecule has 0 radical (unpaired) electrons. The molecule has 1 aromatic heterocycles. The number of benzene rings is 1. The third-order valence-corrected chi connectivity index (χ3v) is 3.25. The second kappa shape index (κ2) is 5.66. The molecule has 0 fully saturated rings. The van der Waals surface area contributed by atoms with Crippen molar-refractivity contribution in [1.29, 1.82) is 0 Å². The van der Waals surface area contributed by atoms with Gasteiger partial charge in [-0.2, -0.15) is 5.10 Å². The summed E-state index contributed by atoms with van der Waals surface area (Å²) < 4.78 is 2.05. The Labute approximate surface area is 122 Å². The van der Waals surface area contributed by atoms with Crippen LogP contribution in [0.15, 0.2) is 36.5 Å². The summed E-state index contributed by atoms with van der Waals surface area (Å²) in [6.45, 7) is 10.9. The molecule has 20 heavy (non-hydrogen) atoms. The predicted octanol–water partition coefficient (Wildman–Crippen LogP) is 4.93. The van der Waals surface area contributed by atoms with Crippen LogP contribution in [0.4, 0.5) is 0 Å². The molecule has 0 spiro atoms. The molecule has 1 aromatic carbocycles. The van der Waals surface area contributed by atoms with Gasteiger partial charge in [-0.05, 0) is 19.4 Å². The van der Waals surface area contributed by atoms with Crippen molar-refractivity contribution < 1.29 is 0 Å². The molecule has 2 nitrogen and oxygen atoms in total. The zero-order chi connectivity index (χ0) is 14.8. The fraction of sp³-hybridized carbons (Fsp3) is 0.389. The Balaban J connectivity index is 2.38. The maximum absolute atomic E-state index is 4.76. The zero-order valence-corrected chi connectivity index (χ0v) is 13.1. The van der Waals surface area contributed by atoms with Crippen molar-refractivity contribution >= 4 is 12.2 Å². The van der Waals surface area contributed by atoms with E-state index in [0.717, 1.165) is 5.69 Å². The molecule has 0 N–H and O–H groups in total. The number of aromatic nitrogens is 2. The van der Waals surface area contributed by atoms with Gasteiger partial charge in [0, 0.05) is 23.2 Å². The molecule has 0 atom stereocenters. The first-order chi connectivity index (χ1) is 9.38. The summed E-state index contributed by atoms with van der Waals surface area (Å²) in [5.41, 5.74) is 3.62. The lowest BCUT2D eigenvalue weighted by molar-refractivity contribution is 0.495. The third kappa shape index (κ3) is 3.38. The van der Waals surface area contributed by atoms with Gasteiger partial charge in [0.05, 0.1) is 5.69 Å². The Morgan fingerprint density at radius 2 is 1.70 bits per heavy atom. The average molecular weight is 268 g/mol. The van der Waals surface area contributed by atoms with Gasteiger partial charge < -0.3 is 0 Å². The van der Waals surface area contributed by atoms with Crippen LogP contribution in [0.25, 0.3) is 12.2 Å². The van der Waals surface area contributed by atoms with Gasteiger partial charge in [0.2, 0.25) is 0 Å². The Kier molecular flexibility index (Phi) is 4.12. The van der Waals surface area contributed by atoms with Gasteiger partial charge in [0.25, 0.3) is 0 Å². The van der Waals surface area contributed by atoms with Crippen molar-refractivity contribution in [3.63, 3.8) is 0 Å². The van der Waals surface area contributed by atoms with Crippen LogP contribution in [0.1, 0.15) is 57.5 Å². The normalized spacial score (nSPS) is 12.5. The van der Waals surface area contributed by atoms with Gasteiger partial charge in [0.15, 0.2) is 0 Å². The predicted molar refractivity (Wildman–Crippen MR) is 86.7 cm³/mol. The van der Waals surface area contributed by atoms with Gasteiger partial charge in [0.1, 0.15) is 0 Å². The van der Waals surface area contributed by atoms with Crippen LogP contribution in [0, 0.1) is 0 Å². The monoisotopic (exact) mass is 268 g/mol. The minimum atomic E-state index is 0.0521. The maximum Gasteiger partial charge on any atom is 0.0750 e. The van der Waals surface area contributed by atoms with Crippen molar-refractivity contribution in [2.24, 2.45) is 0 Å². The highest BCUT2D eigenvalue weighted by Gasteiger charge is 2.21. The second-order valence-corrected chi connectivity index (χ2v) is 6.50. The first kappa shape index (κ1) is 14.6. The van der Waals surface area contributed by atoms with Gasteiger partial charge in [-0.1, -0.05) is 63.3 Å². The summed E-state index contributed by atoms with van der Waals surface area (Å²) in [4.78, 5) is 0. The number of nitrogens with zero attached hydrogens (tertiary/aromatic N) is 2. The Hall–Kier alpha value is -1.83. The van der Waals surface area contributed by atoms with Crippen molar-refractivity contribution in [3.05, 3.63) is 53.3 Å². The van der Waals surface area contributed by atoms with E-state index in [1.54, 1.807) is 0 Å². The molecular weight excluding hydrogens is 244 g/mol. The molecule has 2 heteroatoms. The van der Waals surface area contributed by atoms with E-state index in [0.29, 0.717) is 6.04 Å². The van der Waals surface area contributed by atoms with Crippen LogP contribution < -0.4 is 0 Å². The van der Waals surface area contributed by atoms with Crippen LogP contribution in [0.2, 0.25) is 0 Å². The molecule has 0 amide bonds. The molecule has 2 aromatic rings. The van der Waals surface area contributed by atoms with Crippen molar-refractivity contribution in [2.45, 2.75) is 46.1 Å². The number of hydrogen-bond acceptors (Lipinski definition) is 1. The number of rotatable bonds is 3. The lowest BCUT2D eigenvalue weighted by atomic mass is 9.89. The van der Waals surface area contributed by atoms with E-state index in [2.05, 4.69) is 77.2 Å². The van der Waals surface area contributed by atoms with Crippen LogP contribution in [-0.2, 0) is 5.41 Å². The van der Waals surface area contributed by atoms with E-state index >= 15 is 0 Å². The molecule has 1 heterocycles. The number of hydrogen-bond donors (Lipinski definition) is 0. The SMILES string of the molecule is CC(C)n1cc(/C=C/c2ccccc2)c(C(C)(C)C)n1. The smallest absolute Gasteiger partial charge is 0.0750 e. The molecule has 0 bridgehead atoms. The highest BCUT2D eigenvalue weighted by atomic mass is 15.3. The minimum absolute atomic E-state index is 0.0521. The highest BCUT2D eigenvalue weighted by molar-refractivity contribution is 5.70. The largest absolute Gasteiger partial charge is 0.269 e. The fourth-order valence-corrected chi connectivity index (χ4v) is 2.13. The Morgan fingerprint density at radius 1 is 1.05 bits per heavy atom. The van der Waals surface area contributed by atoms with E-state index in [4.69, 9.17) is 5.10 Å². The van der Waals surface area contributed by atoms with Gasteiger partial charge >= 0.3 is 0 Å². The average Bonchev–Trinajstić information content (AvgIpc) is 2.82. The molecule has 0 unspecified atom stereocenters. The van der Waals surface area contributed by atoms with E-state index in [9.17, 15) is 0 Å². The fourth-order valence-electron chi connectivity index (χ4n) is 2.13. The first-order valence-electron chi connectivity index (χ1n) is 7.20. The van der Waals surface area contributed by atoms with Crippen LogP contribution >= 0.6 is 0 Å². The molecule has 2 rings (SSSR count). The molecule has 106 valence electrons. The molecule has 0 saturated heterocycles. The second-order valence-electron chi connectivity index (χ2n) is 6.50. The summed E-state index contributed by atoms with van der Waals surface area (Å²) in [5.74, 6) is 0. The van der Waals surface area contributed by atoms with E-state index < -0.39 is 0 Å². The van der Waals surface area contributed by atoms with E-state index in [-0.39, 0.29) is 5.41 Å². The molecule has 0 saturated carbocycles. The summed E-state index contributed by atoms with van der Waals surface area (Å²) in [6, 6.07) is 10.8. The highest BCUT2D eigenvalue weighted by Crippen LogP contribution is 2.26. The van der Waals surface area contributed by atoms with Gasteiger partial charge in [-0.15, -0.1) is 0 Å². The van der Waals surface area contributed by atoms with Crippen LogP contribution in [-0.4, -0.2) is 9.78 Å². The van der Waals surface area contributed by atoms with Gasteiger partial charge in [-0.25, -0.2) is 0 Å². The van der Waals surface area contributed by atoms with E-state index in [1.165, 1.54) is 11.1 Å². The third-order valence-electron chi connectivity index (χ3n) is 3.25. The zero-order valence-electron chi connectivity index (χ0n) is 13.1. The summed E-state index contributed by atoms with van der Waals surface area (Å²) in [7, 11) is 0. The van der Waals surface area contributed by atoms with E-state index in [1.807, 2.05) is 10.7 Å².